The molecule has 9 heteroatoms. The monoisotopic (exact) mass is 550 g/mol. The van der Waals surface area contributed by atoms with Gasteiger partial charge in [-0.3, -0.25) is 9.78 Å². The van der Waals surface area contributed by atoms with Crippen LogP contribution in [0.4, 0.5) is 4.79 Å². The van der Waals surface area contributed by atoms with Gasteiger partial charge in [0.2, 0.25) is 0 Å². The molecule has 0 aliphatic carbocycles. The highest BCUT2D eigenvalue weighted by Gasteiger charge is 2.44. The molecule has 1 aromatic carbocycles. The first-order chi connectivity index (χ1) is 18.6. The van der Waals surface area contributed by atoms with E-state index in [1.165, 1.54) is 5.56 Å². The molecule has 2 aromatic heterocycles. The largest absolute Gasteiger partial charge is 0.444 e. The van der Waals surface area contributed by atoms with Crippen molar-refractivity contribution < 1.29 is 19.1 Å². The van der Waals surface area contributed by atoms with E-state index in [9.17, 15) is 9.59 Å². The summed E-state index contributed by atoms with van der Waals surface area (Å²) in [6.07, 6.45) is 8.66. The van der Waals surface area contributed by atoms with Crippen molar-refractivity contribution in [3.05, 3.63) is 64.6 Å². The van der Waals surface area contributed by atoms with Crippen LogP contribution in [0.25, 0.3) is 10.9 Å². The molecule has 3 aromatic rings. The number of ether oxygens (including phenoxy) is 2. The number of rotatable bonds is 3. The molecule has 5 heterocycles. The van der Waals surface area contributed by atoms with Gasteiger partial charge in [0, 0.05) is 60.7 Å². The van der Waals surface area contributed by atoms with Gasteiger partial charge >= 0.3 is 6.09 Å². The standard InChI is InChI=1S/C30H35ClN4O4/c1-29(2,3)39-28(37)35-12-4-5-22(35)17-34-18-24(23-7-6-21(31)15-26(23)34)27(36)33-13-9-30(10-14-33)25-16-32-11-8-20(25)19-38-30/h6-8,11,15-16,18,22H,4-5,9-10,12-14,17,19H2,1-3H3. The third-order valence-corrected chi connectivity index (χ3v) is 8.49. The SMILES string of the molecule is CC(C)(C)OC(=O)N1CCCC1Cn1cc(C(=O)N2CCC3(CC2)OCc2ccncc23)c2ccc(Cl)cc21. The van der Waals surface area contributed by atoms with E-state index < -0.39 is 5.60 Å². The number of fused-ring (bicyclic) bond motifs is 3. The molecule has 39 heavy (non-hydrogen) atoms. The number of aromatic nitrogens is 2. The summed E-state index contributed by atoms with van der Waals surface area (Å²) in [6.45, 7) is 8.71. The summed E-state index contributed by atoms with van der Waals surface area (Å²) in [5.41, 5.74) is 3.01. The predicted molar refractivity (Wildman–Crippen MR) is 149 cm³/mol. The Labute approximate surface area is 233 Å². The average Bonchev–Trinajstić information content (AvgIpc) is 3.60. The summed E-state index contributed by atoms with van der Waals surface area (Å²) in [5.74, 6) is 0.00995. The fourth-order valence-electron chi connectivity index (χ4n) is 6.31. The summed E-state index contributed by atoms with van der Waals surface area (Å²) in [7, 11) is 0. The lowest BCUT2D eigenvalue weighted by Crippen LogP contribution is -2.45. The highest BCUT2D eigenvalue weighted by Crippen LogP contribution is 2.44. The van der Waals surface area contributed by atoms with Crippen LogP contribution in [0.2, 0.25) is 5.02 Å². The van der Waals surface area contributed by atoms with Gasteiger partial charge in [0.1, 0.15) is 5.60 Å². The van der Waals surface area contributed by atoms with Gasteiger partial charge in [-0.2, -0.15) is 0 Å². The van der Waals surface area contributed by atoms with Gasteiger partial charge in [-0.1, -0.05) is 17.7 Å². The number of piperidine rings is 1. The molecule has 1 atom stereocenters. The van der Waals surface area contributed by atoms with Gasteiger partial charge in [0.05, 0.1) is 29.3 Å². The van der Waals surface area contributed by atoms with Crippen LogP contribution in [0, 0.1) is 0 Å². The number of halogens is 1. The quantitative estimate of drug-likeness (QED) is 0.415. The Bertz CT molecular complexity index is 1420. The van der Waals surface area contributed by atoms with E-state index in [0.717, 1.165) is 42.1 Å². The minimum Gasteiger partial charge on any atom is -0.444 e. The Hall–Kier alpha value is -3.10. The molecule has 0 N–H and O–H groups in total. The zero-order valence-electron chi connectivity index (χ0n) is 22.8. The third-order valence-electron chi connectivity index (χ3n) is 8.25. The van der Waals surface area contributed by atoms with E-state index in [0.29, 0.717) is 43.4 Å². The number of nitrogens with zero attached hydrogens (tertiary/aromatic N) is 4. The van der Waals surface area contributed by atoms with Crippen molar-refractivity contribution in [2.24, 2.45) is 0 Å². The maximum Gasteiger partial charge on any atom is 0.410 e. The number of amides is 2. The lowest BCUT2D eigenvalue weighted by Gasteiger charge is -2.39. The molecule has 1 unspecified atom stereocenters. The smallest absolute Gasteiger partial charge is 0.410 e. The molecule has 2 saturated heterocycles. The molecule has 1 spiro atoms. The van der Waals surface area contributed by atoms with E-state index in [2.05, 4.69) is 9.55 Å². The molecule has 3 aliphatic heterocycles. The molecule has 6 rings (SSSR count). The second-order valence-corrected chi connectivity index (χ2v) is 12.4. The van der Waals surface area contributed by atoms with Crippen LogP contribution >= 0.6 is 11.6 Å². The van der Waals surface area contributed by atoms with Gasteiger partial charge in [-0.25, -0.2) is 4.79 Å². The number of pyridine rings is 1. The molecule has 3 aliphatic rings. The van der Waals surface area contributed by atoms with Crippen molar-refractivity contribution in [2.45, 2.75) is 76.9 Å². The van der Waals surface area contributed by atoms with Crippen LogP contribution < -0.4 is 0 Å². The second-order valence-electron chi connectivity index (χ2n) is 11.9. The van der Waals surface area contributed by atoms with Gasteiger partial charge < -0.3 is 23.8 Å². The van der Waals surface area contributed by atoms with Crippen LogP contribution in [-0.2, 0) is 28.2 Å². The molecule has 2 fully saturated rings. The van der Waals surface area contributed by atoms with Crippen molar-refractivity contribution >= 4 is 34.5 Å². The molecular formula is C30H35ClN4O4. The van der Waals surface area contributed by atoms with Crippen molar-refractivity contribution in [1.29, 1.82) is 0 Å². The second kappa shape index (κ2) is 9.82. The summed E-state index contributed by atoms with van der Waals surface area (Å²) >= 11 is 6.39. The summed E-state index contributed by atoms with van der Waals surface area (Å²) in [6, 6.07) is 7.67. The highest BCUT2D eigenvalue weighted by molar-refractivity contribution is 6.31. The first-order valence-corrected chi connectivity index (χ1v) is 14.2. The van der Waals surface area contributed by atoms with Crippen LogP contribution in [0.1, 0.15) is 67.9 Å². The van der Waals surface area contributed by atoms with Crippen LogP contribution in [-0.4, -0.2) is 62.6 Å². The first kappa shape index (κ1) is 26.1. The van der Waals surface area contributed by atoms with Gasteiger partial charge in [0.25, 0.3) is 5.91 Å². The predicted octanol–water partition coefficient (Wildman–Crippen LogP) is 5.75. The molecule has 0 bridgehead atoms. The van der Waals surface area contributed by atoms with Crippen molar-refractivity contribution in [2.75, 3.05) is 19.6 Å². The number of carbonyl (C=O) groups is 2. The van der Waals surface area contributed by atoms with E-state index in [1.807, 2.05) is 67.2 Å². The minimum atomic E-state index is -0.549. The Kier molecular flexibility index (Phi) is 6.58. The third kappa shape index (κ3) is 4.89. The zero-order chi connectivity index (χ0) is 27.4. The number of hydrogen-bond donors (Lipinski definition) is 0. The number of benzene rings is 1. The average molecular weight is 551 g/mol. The van der Waals surface area contributed by atoms with Crippen LogP contribution in [0.3, 0.4) is 0 Å². The Balaban J connectivity index is 1.23. The van der Waals surface area contributed by atoms with E-state index in [-0.39, 0.29) is 23.6 Å². The first-order valence-electron chi connectivity index (χ1n) is 13.8. The summed E-state index contributed by atoms with van der Waals surface area (Å²) in [5, 5.41) is 1.49. The lowest BCUT2D eigenvalue weighted by atomic mass is 9.84. The normalized spacial score (nSPS) is 20.6. The molecule has 0 radical (unpaired) electrons. The van der Waals surface area contributed by atoms with Gasteiger partial charge in [-0.05, 0) is 70.2 Å². The van der Waals surface area contributed by atoms with Crippen LogP contribution in [0.5, 0.6) is 0 Å². The molecule has 0 saturated carbocycles. The topological polar surface area (TPSA) is 76.9 Å². The Morgan fingerprint density at radius 2 is 1.97 bits per heavy atom. The van der Waals surface area contributed by atoms with Crippen molar-refractivity contribution in [3.63, 3.8) is 0 Å². The summed E-state index contributed by atoms with van der Waals surface area (Å²) < 4.78 is 14.0. The van der Waals surface area contributed by atoms with Crippen molar-refractivity contribution in [1.82, 2.24) is 19.4 Å². The Morgan fingerprint density at radius 3 is 2.74 bits per heavy atom. The maximum atomic E-state index is 13.9. The highest BCUT2D eigenvalue weighted by atomic mass is 35.5. The fraction of sp³-hybridized carbons (Fsp3) is 0.500. The van der Waals surface area contributed by atoms with E-state index in [1.54, 1.807) is 6.20 Å². The lowest BCUT2D eigenvalue weighted by molar-refractivity contribution is -0.0742. The van der Waals surface area contributed by atoms with Crippen molar-refractivity contribution in [3.8, 4) is 0 Å². The maximum absolute atomic E-state index is 13.9. The van der Waals surface area contributed by atoms with E-state index >= 15 is 0 Å². The fourth-order valence-corrected chi connectivity index (χ4v) is 6.47. The molecule has 2 amide bonds. The molecule has 206 valence electrons. The Morgan fingerprint density at radius 1 is 1.18 bits per heavy atom. The number of carbonyl (C=O) groups excluding carboxylic acids is 2. The minimum absolute atomic E-state index is 0.00995. The zero-order valence-corrected chi connectivity index (χ0v) is 23.5. The van der Waals surface area contributed by atoms with E-state index in [4.69, 9.17) is 21.1 Å². The number of hydrogen-bond acceptors (Lipinski definition) is 5. The molecular weight excluding hydrogens is 516 g/mol. The van der Waals surface area contributed by atoms with Gasteiger partial charge in [-0.15, -0.1) is 0 Å². The molecule has 8 nitrogen and oxygen atoms in total. The number of likely N-dealkylation sites (tertiary alicyclic amines) is 2. The van der Waals surface area contributed by atoms with Gasteiger partial charge in [0.15, 0.2) is 0 Å². The van der Waals surface area contributed by atoms with Crippen LogP contribution in [0.15, 0.2) is 42.9 Å². The summed E-state index contributed by atoms with van der Waals surface area (Å²) in [4.78, 5) is 34.8.